The molecule has 0 spiro atoms. The summed E-state index contributed by atoms with van der Waals surface area (Å²) in [6.07, 6.45) is 2.93. The molecule has 14 heavy (non-hydrogen) atoms. The quantitative estimate of drug-likeness (QED) is 0.735. The number of carbonyl (C=O) groups is 1. The van der Waals surface area contributed by atoms with E-state index < -0.39 is 5.97 Å². The van der Waals surface area contributed by atoms with Crippen LogP contribution in [-0.2, 0) is 6.54 Å². The van der Waals surface area contributed by atoms with Gasteiger partial charge in [0.1, 0.15) is 0 Å². The molecule has 3 N–H and O–H groups in total. The summed E-state index contributed by atoms with van der Waals surface area (Å²) in [5.74, 6) is -1.06. The van der Waals surface area contributed by atoms with Crippen molar-refractivity contribution in [2.75, 3.05) is 6.54 Å². The molecule has 0 aliphatic rings. The van der Waals surface area contributed by atoms with Gasteiger partial charge in [0.05, 0.1) is 24.6 Å². The lowest BCUT2D eigenvalue weighted by molar-refractivity contribution is 0.0697. The Morgan fingerprint density at radius 2 is 2.50 bits per heavy atom. The lowest BCUT2D eigenvalue weighted by Gasteiger charge is -2.01. The molecule has 1 rings (SSSR count). The molecule has 1 heterocycles. The summed E-state index contributed by atoms with van der Waals surface area (Å²) in [5, 5.41) is 12.3. The number of carboxylic acid groups (broad SMARTS) is 1. The van der Waals surface area contributed by atoms with Gasteiger partial charge in [0, 0.05) is 12.7 Å². The van der Waals surface area contributed by atoms with E-state index in [0.29, 0.717) is 11.9 Å². The first-order chi connectivity index (χ1) is 6.67. The van der Waals surface area contributed by atoms with Crippen molar-refractivity contribution in [3.8, 4) is 0 Å². The van der Waals surface area contributed by atoms with E-state index in [2.05, 4.69) is 5.10 Å². The fourth-order valence-corrected chi connectivity index (χ4v) is 0.912. The van der Waals surface area contributed by atoms with Gasteiger partial charge in [-0.25, -0.2) is 9.18 Å². The van der Waals surface area contributed by atoms with Crippen LogP contribution < -0.4 is 5.73 Å². The van der Waals surface area contributed by atoms with Crippen LogP contribution in [0.4, 0.5) is 4.39 Å². The minimum absolute atomic E-state index is 0.0697. The highest BCUT2D eigenvalue weighted by Gasteiger charge is 2.06. The summed E-state index contributed by atoms with van der Waals surface area (Å²) in [6.45, 7) is 0.249. The van der Waals surface area contributed by atoms with E-state index in [1.165, 1.54) is 17.1 Å². The second kappa shape index (κ2) is 4.52. The Kier molecular flexibility index (Phi) is 3.35. The fraction of sp³-hybridized carbons (Fsp3) is 0.250. The van der Waals surface area contributed by atoms with E-state index in [9.17, 15) is 9.18 Å². The standard InChI is InChI=1S/C8H10FN3O2/c9-1-6(2-10)4-12-5-7(3-11-12)8(13)14/h1,3,5H,2,4,10H2,(H,13,14)/b6-1+. The number of aromatic carboxylic acids is 1. The molecule has 0 atom stereocenters. The van der Waals surface area contributed by atoms with E-state index in [1.54, 1.807) is 0 Å². The SMILES string of the molecule is NC/C(=C\F)Cn1cc(C(=O)O)cn1. The number of hydrogen-bond acceptors (Lipinski definition) is 3. The van der Waals surface area contributed by atoms with Gasteiger partial charge < -0.3 is 10.8 Å². The summed E-state index contributed by atoms with van der Waals surface area (Å²) in [6, 6.07) is 0. The maximum atomic E-state index is 12.1. The highest BCUT2D eigenvalue weighted by atomic mass is 19.1. The van der Waals surface area contributed by atoms with Gasteiger partial charge in [-0.05, 0) is 5.57 Å². The van der Waals surface area contributed by atoms with Crippen LogP contribution in [-0.4, -0.2) is 27.4 Å². The maximum absolute atomic E-state index is 12.1. The number of carboxylic acids is 1. The lowest BCUT2D eigenvalue weighted by atomic mass is 10.3. The second-order valence-corrected chi connectivity index (χ2v) is 2.70. The zero-order valence-electron chi connectivity index (χ0n) is 7.35. The molecule has 6 heteroatoms. The number of rotatable bonds is 4. The van der Waals surface area contributed by atoms with Gasteiger partial charge in [0.25, 0.3) is 0 Å². The highest BCUT2D eigenvalue weighted by Crippen LogP contribution is 2.01. The molecule has 76 valence electrons. The van der Waals surface area contributed by atoms with Gasteiger partial charge >= 0.3 is 5.97 Å². The molecular weight excluding hydrogens is 189 g/mol. The number of aromatic nitrogens is 2. The molecule has 0 unspecified atom stereocenters. The Labute approximate surface area is 79.6 Å². The summed E-state index contributed by atoms with van der Waals surface area (Å²) < 4.78 is 13.4. The average Bonchev–Trinajstić information content (AvgIpc) is 2.62. The predicted octanol–water partition coefficient (Wildman–Crippen LogP) is 0.393. The molecule has 0 fully saturated rings. The molecule has 0 aliphatic heterocycles. The number of nitrogens with zero attached hydrogens (tertiary/aromatic N) is 2. The van der Waals surface area contributed by atoms with Gasteiger partial charge in [0.15, 0.2) is 0 Å². The summed E-state index contributed by atoms with van der Waals surface area (Å²) in [5.41, 5.74) is 5.65. The molecule has 0 aliphatic carbocycles. The molecule has 1 aromatic rings. The van der Waals surface area contributed by atoms with Crippen LogP contribution in [0.2, 0.25) is 0 Å². The normalized spacial score (nSPS) is 11.7. The number of hydrogen-bond donors (Lipinski definition) is 2. The van der Waals surface area contributed by atoms with Gasteiger partial charge in [-0.1, -0.05) is 0 Å². The molecular formula is C8H10FN3O2. The van der Waals surface area contributed by atoms with Crippen molar-refractivity contribution in [3.63, 3.8) is 0 Å². The third-order valence-electron chi connectivity index (χ3n) is 1.66. The van der Waals surface area contributed by atoms with Crippen molar-refractivity contribution in [3.05, 3.63) is 29.9 Å². The van der Waals surface area contributed by atoms with E-state index in [4.69, 9.17) is 10.8 Å². The maximum Gasteiger partial charge on any atom is 0.338 e. The van der Waals surface area contributed by atoms with E-state index in [-0.39, 0.29) is 18.7 Å². The van der Waals surface area contributed by atoms with E-state index in [0.717, 1.165) is 0 Å². The van der Waals surface area contributed by atoms with E-state index in [1.807, 2.05) is 0 Å². The Morgan fingerprint density at radius 3 is 2.93 bits per heavy atom. The van der Waals surface area contributed by atoms with Crippen LogP contribution >= 0.6 is 0 Å². The Bertz CT molecular complexity index is 359. The monoisotopic (exact) mass is 199 g/mol. The van der Waals surface area contributed by atoms with Crippen molar-refractivity contribution < 1.29 is 14.3 Å². The topological polar surface area (TPSA) is 81.1 Å². The van der Waals surface area contributed by atoms with Crippen molar-refractivity contribution >= 4 is 5.97 Å². The van der Waals surface area contributed by atoms with Crippen LogP contribution in [0.1, 0.15) is 10.4 Å². The third-order valence-corrected chi connectivity index (χ3v) is 1.66. The first-order valence-electron chi connectivity index (χ1n) is 3.91. The summed E-state index contributed by atoms with van der Waals surface area (Å²) in [4.78, 5) is 10.5. The van der Waals surface area contributed by atoms with Crippen LogP contribution in [0.25, 0.3) is 0 Å². The van der Waals surface area contributed by atoms with Crippen LogP contribution in [0.15, 0.2) is 24.3 Å². The van der Waals surface area contributed by atoms with Gasteiger partial charge in [0.2, 0.25) is 0 Å². The zero-order valence-corrected chi connectivity index (χ0v) is 7.35. The first-order valence-corrected chi connectivity index (χ1v) is 3.91. The minimum Gasteiger partial charge on any atom is -0.478 e. The number of halogens is 1. The molecule has 0 saturated carbocycles. The third kappa shape index (κ3) is 2.40. The second-order valence-electron chi connectivity index (χ2n) is 2.70. The highest BCUT2D eigenvalue weighted by molar-refractivity contribution is 5.86. The molecule has 1 aromatic heterocycles. The Balaban J connectivity index is 2.73. The molecule has 0 bridgehead atoms. The van der Waals surface area contributed by atoms with Crippen LogP contribution in [0, 0.1) is 0 Å². The molecule has 0 amide bonds. The molecule has 0 radical (unpaired) electrons. The predicted molar refractivity (Wildman–Crippen MR) is 47.4 cm³/mol. The summed E-state index contributed by atoms with van der Waals surface area (Å²) >= 11 is 0. The molecule has 0 aromatic carbocycles. The van der Waals surface area contributed by atoms with Gasteiger partial charge in [-0.2, -0.15) is 5.10 Å². The lowest BCUT2D eigenvalue weighted by Crippen LogP contribution is -2.10. The van der Waals surface area contributed by atoms with Crippen LogP contribution in [0.5, 0.6) is 0 Å². The zero-order chi connectivity index (χ0) is 10.6. The Morgan fingerprint density at radius 1 is 1.79 bits per heavy atom. The molecule has 0 saturated heterocycles. The fourth-order valence-electron chi connectivity index (χ4n) is 0.912. The number of nitrogens with two attached hydrogens (primary N) is 1. The molecule has 5 nitrogen and oxygen atoms in total. The van der Waals surface area contributed by atoms with Crippen molar-refractivity contribution in [2.45, 2.75) is 6.54 Å². The first kappa shape index (κ1) is 10.4. The van der Waals surface area contributed by atoms with Gasteiger partial charge in [-0.3, -0.25) is 4.68 Å². The minimum atomic E-state index is -1.06. The average molecular weight is 199 g/mol. The van der Waals surface area contributed by atoms with Crippen molar-refractivity contribution in [1.29, 1.82) is 0 Å². The van der Waals surface area contributed by atoms with Crippen molar-refractivity contribution in [1.82, 2.24) is 9.78 Å². The van der Waals surface area contributed by atoms with Gasteiger partial charge in [-0.15, -0.1) is 0 Å². The van der Waals surface area contributed by atoms with Crippen LogP contribution in [0.3, 0.4) is 0 Å². The van der Waals surface area contributed by atoms with Crippen molar-refractivity contribution in [2.24, 2.45) is 5.73 Å². The smallest absolute Gasteiger partial charge is 0.338 e. The largest absolute Gasteiger partial charge is 0.478 e. The van der Waals surface area contributed by atoms with E-state index >= 15 is 0 Å². The Hall–Kier alpha value is -1.69. The summed E-state index contributed by atoms with van der Waals surface area (Å²) in [7, 11) is 0.